The highest BCUT2D eigenvalue weighted by atomic mass is 16.4. The van der Waals surface area contributed by atoms with E-state index in [9.17, 15) is 9.59 Å². The van der Waals surface area contributed by atoms with Crippen LogP contribution in [0.25, 0.3) is 0 Å². The lowest BCUT2D eigenvalue weighted by Gasteiger charge is -2.26. The molecule has 0 saturated heterocycles. The maximum absolute atomic E-state index is 12.4. The van der Waals surface area contributed by atoms with Crippen molar-refractivity contribution in [3.05, 3.63) is 23.0 Å². The van der Waals surface area contributed by atoms with Crippen LogP contribution in [0.3, 0.4) is 0 Å². The molecule has 0 spiro atoms. The van der Waals surface area contributed by atoms with Crippen LogP contribution >= 0.6 is 0 Å². The number of carboxylic acids is 1. The third kappa shape index (κ3) is 3.34. The van der Waals surface area contributed by atoms with Crippen molar-refractivity contribution in [2.24, 2.45) is 0 Å². The van der Waals surface area contributed by atoms with Crippen molar-refractivity contribution in [2.45, 2.75) is 71.4 Å². The molecule has 5 nitrogen and oxygen atoms in total. The van der Waals surface area contributed by atoms with E-state index in [4.69, 9.17) is 5.11 Å². The van der Waals surface area contributed by atoms with E-state index in [1.54, 1.807) is 6.92 Å². The molecule has 1 aromatic rings. The maximum Gasteiger partial charge on any atom is 0.326 e. The normalized spacial score (nSPS) is 17.2. The molecule has 5 heteroatoms. The Labute approximate surface area is 131 Å². The van der Waals surface area contributed by atoms with E-state index in [0.717, 1.165) is 24.2 Å². The first-order chi connectivity index (χ1) is 10.5. The lowest BCUT2D eigenvalue weighted by Crippen LogP contribution is -2.40. The van der Waals surface area contributed by atoms with Crippen LogP contribution in [0.2, 0.25) is 0 Å². The summed E-state index contributed by atoms with van der Waals surface area (Å²) in [6, 6.07) is 1.52. The molecular formula is C17H26N2O3. The quantitative estimate of drug-likeness (QED) is 0.877. The number of carbonyl (C=O) groups is 2. The Hall–Kier alpha value is -1.78. The van der Waals surface area contributed by atoms with Crippen LogP contribution in [-0.4, -0.2) is 27.6 Å². The molecule has 1 aromatic heterocycles. The summed E-state index contributed by atoms with van der Waals surface area (Å²) in [4.78, 5) is 23.5. The zero-order chi connectivity index (χ0) is 16.3. The van der Waals surface area contributed by atoms with Gasteiger partial charge in [0.25, 0.3) is 5.91 Å². The highest BCUT2D eigenvalue weighted by molar-refractivity contribution is 5.97. The molecule has 0 bridgehead atoms. The van der Waals surface area contributed by atoms with Crippen molar-refractivity contribution in [3.63, 3.8) is 0 Å². The fourth-order valence-corrected chi connectivity index (χ4v) is 3.48. The molecule has 1 amide bonds. The summed E-state index contributed by atoms with van der Waals surface area (Å²) in [5, 5.41) is 11.7. The molecule has 1 heterocycles. The Balaban J connectivity index is 2.21. The van der Waals surface area contributed by atoms with Gasteiger partial charge in [-0.25, -0.2) is 4.79 Å². The summed E-state index contributed by atoms with van der Waals surface area (Å²) in [6.45, 7) is 5.73. The fraction of sp³-hybridized carbons (Fsp3) is 0.647. The van der Waals surface area contributed by atoms with E-state index in [0.29, 0.717) is 18.0 Å². The minimum atomic E-state index is -0.989. The number of nitrogens with zero attached hydrogens (tertiary/aromatic N) is 1. The number of aliphatic carboxylic acids is 1. The van der Waals surface area contributed by atoms with Gasteiger partial charge in [-0.15, -0.1) is 0 Å². The van der Waals surface area contributed by atoms with E-state index in [2.05, 4.69) is 9.88 Å². The maximum atomic E-state index is 12.4. The van der Waals surface area contributed by atoms with E-state index >= 15 is 0 Å². The molecule has 0 aliphatic heterocycles. The Morgan fingerprint density at radius 3 is 2.50 bits per heavy atom. The van der Waals surface area contributed by atoms with Crippen LogP contribution in [0.5, 0.6) is 0 Å². The van der Waals surface area contributed by atoms with E-state index < -0.39 is 12.0 Å². The number of aromatic nitrogens is 1. The highest BCUT2D eigenvalue weighted by Crippen LogP contribution is 2.32. The Morgan fingerprint density at radius 1 is 1.32 bits per heavy atom. The Morgan fingerprint density at radius 2 is 1.95 bits per heavy atom. The van der Waals surface area contributed by atoms with Gasteiger partial charge in [0.05, 0.1) is 5.56 Å². The molecular weight excluding hydrogens is 280 g/mol. The third-order valence-electron chi connectivity index (χ3n) is 4.68. The van der Waals surface area contributed by atoms with Crippen molar-refractivity contribution in [1.29, 1.82) is 0 Å². The second kappa shape index (κ2) is 6.99. The van der Waals surface area contributed by atoms with Gasteiger partial charge in [-0.2, -0.15) is 0 Å². The molecule has 2 N–H and O–H groups in total. The van der Waals surface area contributed by atoms with Crippen LogP contribution in [0.15, 0.2) is 6.07 Å². The largest absolute Gasteiger partial charge is 0.480 e. The summed E-state index contributed by atoms with van der Waals surface area (Å²) < 4.78 is 2.26. The predicted molar refractivity (Wildman–Crippen MR) is 85.2 cm³/mol. The monoisotopic (exact) mass is 306 g/mol. The molecule has 2 rings (SSSR count). The van der Waals surface area contributed by atoms with Crippen LogP contribution < -0.4 is 5.32 Å². The van der Waals surface area contributed by atoms with Gasteiger partial charge in [0, 0.05) is 17.4 Å². The zero-order valence-electron chi connectivity index (χ0n) is 13.7. The second-order valence-electron chi connectivity index (χ2n) is 6.22. The lowest BCUT2D eigenvalue weighted by atomic mass is 9.95. The van der Waals surface area contributed by atoms with Crippen LogP contribution in [-0.2, 0) is 4.79 Å². The van der Waals surface area contributed by atoms with Gasteiger partial charge in [0.15, 0.2) is 0 Å². The van der Waals surface area contributed by atoms with Crippen LogP contribution in [0.1, 0.15) is 73.2 Å². The Kier molecular flexibility index (Phi) is 5.27. The number of nitrogens with one attached hydrogen (secondary N) is 1. The molecule has 1 aliphatic carbocycles. The van der Waals surface area contributed by atoms with Gasteiger partial charge >= 0.3 is 5.97 Å². The van der Waals surface area contributed by atoms with E-state index in [1.165, 1.54) is 19.3 Å². The lowest BCUT2D eigenvalue weighted by molar-refractivity contribution is -0.139. The summed E-state index contributed by atoms with van der Waals surface area (Å²) in [5.74, 6) is -1.28. The van der Waals surface area contributed by atoms with Crippen LogP contribution in [0.4, 0.5) is 0 Å². The average molecular weight is 306 g/mol. The van der Waals surface area contributed by atoms with Gasteiger partial charge < -0.3 is 15.0 Å². The van der Waals surface area contributed by atoms with Crippen molar-refractivity contribution >= 4 is 11.9 Å². The first-order valence-electron chi connectivity index (χ1n) is 8.17. The van der Waals surface area contributed by atoms with Gasteiger partial charge in [0.2, 0.25) is 0 Å². The standard InChI is InChI=1S/C17H26N2O3/c1-4-15(17(21)22)18-16(20)14-10-11(2)19(12(14)3)13-8-6-5-7-9-13/h10,13,15H,4-9H2,1-3H3,(H,18,20)(H,21,22). The first kappa shape index (κ1) is 16.6. The number of hydrogen-bond donors (Lipinski definition) is 2. The molecule has 1 aliphatic rings. The van der Waals surface area contributed by atoms with Crippen molar-refractivity contribution in [2.75, 3.05) is 0 Å². The van der Waals surface area contributed by atoms with E-state index in [-0.39, 0.29) is 5.91 Å². The number of amides is 1. The molecule has 22 heavy (non-hydrogen) atoms. The predicted octanol–water partition coefficient (Wildman–Crippen LogP) is 3.20. The first-order valence-corrected chi connectivity index (χ1v) is 8.17. The molecule has 1 fully saturated rings. The number of aryl methyl sites for hydroxylation is 1. The number of carbonyl (C=O) groups excluding carboxylic acids is 1. The second-order valence-corrected chi connectivity index (χ2v) is 6.22. The number of hydrogen-bond acceptors (Lipinski definition) is 2. The third-order valence-corrected chi connectivity index (χ3v) is 4.68. The van der Waals surface area contributed by atoms with Gasteiger partial charge in [-0.3, -0.25) is 4.79 Å². The summed E-state index contributed by atoms with van der Waals surface area (Å²) >= 11 is 0. The van der Waals surface area contributed by atoms with Gasteiger partial charge in [-0.05, 0) is 39.2 Å². The summed E-state index contributed by atoms with van der Waals surface area (Å²) in [5.41, 5.74) is 2.63. The molecule has 0 radical (unpaired) electrons. The number of rotatable bonds is 5. The van der Waals surface area contributed by atoms with Crippen LogP contribution in [0, 0.1) is 13.8 Å². The average Bonchev–Trinajstić information content (AvgIpc) is 2.80. The topological polar surface area (TPSA) is 71.3 Å². The fourth-order valence-electron chi connectivity index (χ4n) is 3.48. The molecule has 1 unspecified atom stereocenters. The number of carboxylic acid groups (broad SMARTS) is 1. The molecule has 1 saturated carbocycles. The van der Waals surface area contributed by atoms with Crippen molar-refractivity contribution in [1.82, 2.24) is 9.88 Å². The zero-order valence-corrected chi connectivity index (χ0v) is 13.7. The Bertz CT molecular complexity index is 556. The van der Waals surface area contributed by atoms with Gasteiger partial charge in [0.1, 0.15) is 6.04 Å². The minimum absolute atomic E-state index is 0.288. The molecule has 122 valence electrons. The molecule has 1 atom stereocenters. The van der Waals surface area contributed by atoms with Crippen molar-refractivity contribution in [3.8, 4) is 0 Å². The van der Waals surface area contributed by atoms with E-state index in [1.807, 2.05) is 19.9 Å². The summed E-state index contributed by atoms with van der Waals surface area (Å²) in [7, 11) is 0. The SMILES string of the molecule is CCC(NC(=O)c1cc(C)n(C2CCCCC2)c1C)C(=O)O. The highest BCUT2D eigenvalue weighted by Gasteiger charge is 2.25. The smallest absolute Gasteiger partial charge is 0.326 e. The minimum Gasteiger partial charge on any atom is -0.480 e. The van der Waals surface area contributed by atoms with Gasteiger partial charge in [-0.1, -0.05) is 26.2 Å². The van der Waals surface area contributed by atoms with Crippen molar-refractivity contribution < 1.29 is 14.7 Å². The molecule has 0 aromatic carbocycles. The summed E-state index contributed by atoms with van der Waals surface area (Å²) in [6.07, 6.45) is 6.46.